The van der Waals surface area contributed by atoms with Crippen molar-refractivity contribution in [1.29, 1.82) is 5.26 Å². The van der Waals surface area contributed by atoms with Gasteiger partial charge in [-0.3, -0.25) is 4.79 Å². The highest BCUT2D eigenvalue weighted by molar-refractivity contribution is 6.35. The summed E-state index contributed by atoms with van der Waals surface area (Å²) >= 11 is 12.3. The molecule has 0 atom stereocenters. The molecule has 0 heterocycles. The monoisotopic (exact) mass is 522 g/mol. The predicted octanol–water partition coefficient (Wildman–Crippen LogP) is 6.86. The summed E-state index contributed by atoms with van der Waals surface area (Å²) in [6.45, 7) is 4.01. The Morgan fingerprint density at radius 3 is 2.42 bits per heavy atom. The summed E-state index contributed by atoms with van der Waals surface area (Å²) in [7, 11) is 3.08. The lowest BCUT2D eigenvalue weighted by atomic mass is 10.0. The van der Waals surface area contributed by atoms with Gasteiger partial charge in [-0.2, -0.15) is 5.26 Å². The fourth-order valence-corrected chi connectivity index (χ4v) is 3.83. The van der Waals surface area contributed by atoms with E-state index in [1.54, 1.807) is 61.7 Å². The molecule has 0 aliphatic rings. The molecule has 0 saturated carbocycles. The quantitative estimate of drug-likeness (QED) is 0.178. The summed E-state index contributed by atoms with van der Waals surface area (Å²) in [5.41, 5.74) is 2.60. The van der Waals surface area contributed by atoms with Crippen LogP contribution >= 0.6 is 23.2 Å². The summed E-state index contributed by atoms with van der Waals surface area (Å²) in [5.74, 6) is 1.08. The highest BCUT2D eigenvalue weighted by atomic mass is 35.5. The minimum atomic E-state index is -0.537. The number of halogens is 2. The van der Waals surface area contributed by atoms with Crippen molar-refractivity contribution >= 4 is 40.9 Å². The molecule has 0 radical (unpaired) electrons. The fraction of sp³-hybridized carbons (Fsp3) is 0.143. The Hall–Kier alpha value is -3.92. The third-order valence-electron chi connectivity index (χ3n) is 5.15. The second-order valence-electron chi connectivity index (χ2n) is 7.58. The smallest absolute Gasteiger partial charge is 0.266 e. The minimum absolute atomic E-state index is 0.0703. The molecule has 3 aromatic rings. The number of nitriles is 1. The van der Waals surface area contributed by atoms with Crippen LogP contribution in [-0.2, 0) is 17.8 Å². The number of methoxy groups -OCH3 is 2. The topological polar surface area (TPSA) is 80.6 Å². The van der Waals surface area contributed by atoms with Gasteiger partial charge < -0.3 is 19.5 Å². The van der Waals surface area contributed by atoms with Crippen LogP contribution in [-0.4, -0.2) is 20.1 Å². The Labute approximate surface area is 220 Å². The predicted molar refractivity (Wildman–Crippen MR) is 143 cm³/mol. The van der Waals surface area contributed by atoms with Crippen LogP contribution in [0.4, 0.5) is 5.69 Å². The van der Waals surface area contributed by atoms with Gasteiger partial charge in [-0.05, 0) is 66.6 Å². The number of anilines is 1. The van der Waals surface area contributed by atoms with Crippen molar-refractivity contribution in [3.63, 3.8) is 0 Å². The van der Waals surface area contributed by atoms with E-state index in [2.05, 4.69) is 11.9 Å². The maximum absolute atomic E-state index is 12.7. The average Bonchev–Trinajstić information content (AvgIpc) is 2.87. The van der Waals surface area contributed by atoms with Gasteiger partial charge in [0.15, 0.2) is 11.5 Å². The van der Waals surface area contributed by atoms with E-state index in [-0.39, 0.29) is 12.2 Å². The Balaban J connectivity index is 1.88. The molecule has 0 fully saturated rings. The van der Waals surface area contributed by atoms with Crippen molar-refractivity contribution in [2.75, 3.05) is 19.5 Å². The third-order valence-corrected chi connectivity index (χ3v) is 5.74. The number of carbonyl (C=O) groups excluding carboxylic acids is 1. The molecule has 3 rings (SSSR count). The molecule has 0 unspecified atom stereocenters. The van der Waals surface area contributed by atoms with Crippen LogP contribution in [0.5, 0.6) is 17.2 Å². The zero-order chi connectivity index (χ0) is 26.1. The molecule has 0 saturated heterocycles. The number of allylic oxidation sites excluding steroid dienone is 1. The Bertz CT molecular complexity index is 1330. The number of amides is 1. The molecule has 184 valence electrons. The number of nitrogens with one attached hydrogen (secondary N) is 1. The van der Waals surface area contributed by atoms with Crippen LogP contribution in [0.15, 0.2) is 72.8 Å². The largest absolute Gasteiger partial charge is 0.497 e. The fourth-order valence-electron chi connectivity index (χ4n) is 3.37. The molecule has 1 N–H and O–H groups in total. The van der Waals surface area contributed by atoms with Crippen LogP contribution in [0.3, 0.4) is 0 Å². The van der Waals surface area contributed by atoms with Gasteiger partial charge in [0.25, 0.3) is 5.91 Å². The van der Waals surface area contributed by atoms with Crippen LogP contribution in [0, 0.1) is 11.3 Å². The van der Waals surface area contributed by atoms with Crippen molar-refractivity contribution in [2.24, 2.45) is 0 Å². The first kappa shape index (κ1) is 26.7. The van der Waals surface area contributed by atoms with E-state index < -0.39 is 5.91 Å². The first-order chi connectivity index (χ1) is 17.4. The zero-order valence-corrected chi connectivity index (χ0v) is 21.3. The maximum Gasteiger partial charge on any atom is 0.266 e. The Morgan fingerprint density at radius 1 is 1.06 bits per heavy atom. The maximum atomic E-state index is 12.7. The molecule has 0 aliphatic carbocycles. The Morgan fingerprint density at radius 2 is 1.81 bits per heavy atom. The van der Waals surface area contributed by atoms with Crippen molar-refractivity contribution in [3.05, 3.63) is 99.6 Å². The van der Waals surface area contributed by atoms with E-state index in [0.717, 1.165) is 11.1 Å². The van der Waals surface area contributed by atoms with Crippen LogP contribution in [0.25, 0.3) is 6.08 Å². The molecule has 36 heavy (non-hydrogen) atoms. The molecule has 6 nitrogen and oxygen atoms in total. The van der Waals surface area contributed by atoms with Crippen molar-refractivity contribution in [2.45, 2.75) is 13.0 Å². The van der Waals surface area contributed by atoms with E-state index in [9.17, 15) is 10.1 Å². The lowest BCUT2D eigenvalue weighted by Gasteiger charge is -2.16. The van der Waals surface area contributed by atoms with E-state index in [1.807, 2.05) is 12.1 Å². The number of rotatable bonds is 10. The van der Waals surface area contributed by atoms with Crippen molar-refractivity contribution in [3.8, 4) is 23.3 Å². The molecule has 8 heteroatoms. The molecular formula is C28H24Cl2N2O4. The van der Waals surface area contributed by atoms with Gasteiger partial charge in [0.2, 0.25) is 0 Å². The Kier molecular flexibility index (Phi) is 9.40. The number of carbonyl (C=O) groups is 1. The number of ether oxygens (including phenoxy) is 3. The lowest BCUT2D eigenvalue weighted by molar-refractivity contribution is -0.112. The van der Waals surface area contributed by atoms with Gasteiger partial charge >= 0.3 is 0 Å². The van der Waals surface area contributed by atoms with E-state index in [1.165, 1.54) is 13.2 Å². The first-order valence-corrected chi connectivity index (χ1v) is 11.6. The van der Waals surface area contributed by atoms with E-state index in [0.29, 0.717) is 45.0 Å². The molecule has 3 aromatic carbocycles. The van der Waals surface area contributed by atoms with Crippen molar-refractivity contribution in [1.82, 2.24) is 0 Å². The summed E-state index contributed by atoms with van der Waals surface area (Å²) in [4.78, 5) is 12.7. The molecule has 0 aliphatic heterocycles. The van der Waals surface area contributed by atoms with E-state index in [4.69, 9.17) is 37.4 Å². The second-order valence-corrected chi connectivity index (χ2v) is 8.42. The first-order valence-electron chi connectivity index (χ1n) is 10.8. The summed E-state index contributed by atoms with van der Waals surface area (Å²) in [6, 6.07) is 17.5. The molecule has 0 aromatic heterocycles. The summed E-state index contributed by atoms with van der Waals surface area (Å²) in [6.07, 6.45) is 3.70. The highest BCUT2D eigenvalue weighted by Gasteiger charge is 2.16. The number of benzene rings is 3. The molecule has 1 amide bonds. The van der Waals surface area contributed by atoms with Crippen molar-refractivity contribution < 1.29 is 19.0 Å². The average molecular weight is 523 g/mol. The standard InChI is InChI=1S/C28H24Cl2N2O4/c1-4-5-19-12-18(13-21(16-31)28(33)32-23-8-10-24(34-2)11-9-23)14-26(35-3)27(19)36-17-20-6-7-22(29)15-25(20)30/h4,6-15H,1,5,17H2,2-3H3,(H,32,33)/b21-13+. The molecule has 0 spiro atoms. The van der Waals surface area contributed by atoms with Gasteiger partial charge in [-0.15, -0.1) is 6.58 Å². The van der Waals surface area contributed by atoms with Gasteiger partial charge in [0.05, 0.1) is 14.2 Å². The zero-order valence-electron chi connectivity index (χ0n) is 19.8. The van der Waals surface area contributed by atoms with Crippen LogP contribution < -0.4 is 19.5 Å². The SMILES string of the molecule is C=CCc1cc(/C=C(\C#N)C(=O)Nc2ccc(OC)cc2)cc(OC)c1OCc1ccc(Cl)cc1Cl. The summed E-state index contributed by atoms with van der Waals surface area (Å²) < 4.78 is 16.8. The highest BCUT2D eigenvalue weighted by Crippen LogP contribution is 2.35. The molecular weight excluding hydrogens is 499 g/mol. The normalized spacial score (nSPS) is 10.8. The second kappa shape index (κ2) is 12.7. The summed E-state index contributed by atoms with van der Waals surface area (Å²) in [5, 5.41) is 13.4. The van der Waals surface area contributed by atoms with Gasteiger partial charge in [-0.1, -0.05) is 35.3 Å². The van der Waals surface area contributed by atoms with E-state index >= 15 is 0 Å². The van der Waals surface area contributed by atoms with Crippen LogP contribution in [0.1, 0.15) is 16.7 Å². The number of hydrogen-bond donors (Lipinski definition) is 1. The van der Waals surface area contributed by atoms with Gasteiger partial charge in [0, 0.05) is 26.9 Å². The third kappa shape index (κ3) is 6.82. The minimum Gasteiger partial charge on any atom is -0.497 e. The van der Waals surface area contributed by atoms with Gasteiger partial charge in [-0.25, -0.2) is 0 Å². The molecule has 0 bridgehead atoms. The number of nitrogens with zero attached hydrogens (tertiary/aromatic N) is 1. The number of hydrogen-bond acceptors (Lipinski definition) is 5. The van der Waals surface area contributed by atoms with Gasteiger partial charge in [0.1, 0.15) is 24.0 Å². The van der Waals surface area contributed by atoms with Crippen LogP contribution in [0.2, 0.25) is 10.0 Å². The lowest BCUT2D eigenvalue weighted by Crippen LogP contribution is -2.13.